The second-order valence-electron chi connectivity index (χ2n) is 7.07. The van der Waals surface area contributed by atoms with Crippen LogP contribution in [-0.4, -0.2) is 50.4 Å². The molecule has 2 aromatic rings. The summed E-state index contributed by atoms with van der Waals surface area (Å²) in [5.74, 6) is 0.519. The van der Waals surface area contributed by atoms with E-state index < -0.39 is 0 Å². The summed E-state index contributed by atoms with van der Waals surface area (Å²) in [6.07, 6.45) is 2.03. The Morgan fingerprint density at radius 3 is 2.37 bits per heavy atom. The molecule has 27 heavy (non-hydrogen) atoms. The number of amides is 2. The van der Waals surface area contributed by atoms with Gasteiger partial charge in [-0.1, -0.05) is 24.3 Å². The molecule has 0 aliphatic carbocycles. The fraction of sp³-hybridized carbons (Fsp3) is 0.364. The van der Waals surface area contributed by atoms with E-state index in [9.17, 15) is 9.59 Å². The van der Waals surface area contributed by atoms with E-state index in [0.29, 0.717) is 17.0 Å². The molecule has 1 fully saturated rings. The van der Waals surface area contributed by atoms with Gasteiger partial charge in [-0.25, -0.2) is 0 Å². The molecule has 5 nitrogen and oxygen atoms in total. The SMILES string of the molecule is CNCC1CCN(C(=O)c2cccc(C(=O)N(C)c3ccccc3)c2)CC1. The van der Waals surface area contributed by atoms with Crippen LogP contribution in [0.4, 0.5) is 5.69 Å². The zero-order valence-corrected chi connectivity index (χ0v) is 16.0. The monoisotopic (exact) mass is 365 g/mol. The summed E-state index contributed by atoms with van der Waals surface area (Å²) >= 11 is 0. The second-order valence-corrected chi connectivity index (χ2v) is 7.07. The molecule has 3 rings (SSSR count). The third-order valence-electron chi connectivity index (χ3n) is 5.20. The molecule has 0 unspecified atom stereocenters. The van der Waals surface area contributed by atoms with E-state index in [2.05, 4.69) is 5.32 Å². The lowest BCUT2D eigenvalue weighted by Crippen LogP contribution is -2.40. The van der Waals surface area contributed by atoms with E-state index in [1.807, 2.05) is 42.3 Å². The van der Waals surface area contributed by atoms with Gasteiger partial charge in [0.15, 0.2) is 0 Å². The summed E-state index contributed by atoms with van der Waals surface area (Å²) in [4.78, 5) is 29.2. The fourth-order valence-electron chi connectivity index (χ4n) is 3.56. The normalized spacial score (nSPS) is 14.8. The number of piperidine rings is 1. The molecular formula is C22H27N3O2. The second kappa shape index (κ2) is 8.82. The van der Waals surface area contributed by atoms with Gasteiger partial charge in [0.25, 0.3) is 11.8 Å². The molecule has 1 saturated heterocycles. The minimum atomic E-state index is -0.122. The first-order valence-electron chi connectivity index (χ1n) is 9.47. The van der Waals surface area contributed by atoms with Crippen molar-refractivity contribution in [1.82, 2.24) is 10.2 Å². The van der Waals surface area contributed by atoms with Gasteiger partial charge < -0.3 is 15.1 Å². The van der Waals surface area contributed by atoms with Gasteiger partial charge in [0.2, 0.25) is 0 Å². The lowest BCUT2D eigenvalue weighted by Gasteiger charge is -2.32. The summed E-state index contributed by atoms with van der Waals surface area (Å²) in [6, 6.07) is 16.6. The van der Waals surface area contributed by atoms with Crippen molar-refractivity contribution in [2.75, 3.05) is 38.6 Å². The summed E-state index contributed by atoms with van der Waals surface area (Å²) in [5.41, 5.74) is 1.93. The predicted octanol–water partition coefficient (Wildman–Crippen LogP) is 3.03. The highest BCUT2D eigenvalue weighted by Crippen LogP contribution is 2.20. The van der Waals surface area contributed by atoms with Crippen LogP contribution >= 0.6 is 0 Å². The Morgan fingerprint density at radius 2 is 1.70 bits per heavy atom. The van der Waals surface area contributed by atoms with E-state index in [1.54, 1.807) is 36.2 Å². The highest BCUT2D eigenvalue weighted by atomic mass is 16.2. The van der Waals surface area contributed by atoms with Crippen molar-refractivity contribution >= 4 is 17.5 Å². The van der Waals surface area contributed by atoms with Crippen LogP contribution in [0.2, 0.25) is 0 Å². The molecule has 0 spiro atoms. The Labute approximate surface area is 161 Å². The Hall–Kier alpha value is -2.66. The molecule has 1 aliphatic rings. The number of para-hydroxylation sites is 1. The van der Waals surface area contributed by atoms with Gasteiger partial charge in [-0.2, -0.15) is 0 Å². The Morgan fingerprint density at radius 1 is 1.04 bits per heavy atom. The molecule has 1 aliphatic heterocycles. The zero-order valence-electron chi connectivity index (χ0n) is 16.0. The molecule has 5 heteroatoms. The highest BCUT2D eigenvalue weighted by Gasteiger charge is 2.24. The minimum Gasteiger partial charge on any atom is -0.339 e. The van der Waals surface area contributed by atoms with Crippen LogP contribution in [0, 0.1) is 5.92 Å². The van der Waals surface area contributed by atoms with Crippen molar-refractivity contribution < 1.29 is 9.59 Å². The largest absolute Gasteiger partial charge is 0.339 e. The molecule has 142 valence electrons. The topological polar surface area (TPSA) is 52.7 Å². The third-order valence-corrected chi connectivity index (χ3v) is 5.20. The van der Waals surface area contributed by atoms with Crippen molar-refractivity contribution in [3.05, 3.63) is 65.7 Å². The number of carbonyl (C=O) groups is 2. The van der Waals surface area contributed by atoms with Crippen LogP contribution in [0.25, 0.3) is 0 Å². The lowest BCUT2D eigenvalue weighted by atomic mass is 9.96. The molecule has 1 N–H and O–H groups in total. The van der Waals surface area contributed by atoms with Crippen LogP contribution in [0.15, 0.2) is 54.6 Å². The standard InChI is InChI=1S/C22H27N3O2/c1-23-16-17-11-13-25(14-12-17)22(27)19-8-6-7-18(15-19)21(26)24(2)20-9-4-3-5-10-20/h3-10,15,17,23H,11-14,16H2,1-2H3. The summed E-state index contributed by atoms with van der Waals surface area (Å²) in [6.45, 7) is 2.54. The molecule has 2 amide bonds. The fourth-order valence-corrected chi connectivity index (χ4v) is 3.56. The molecule has 0 aromatic heterocycles. The maximum absolute atomic E-state index is 12.9. The van der Waals surface area contributed by atoms with Crippen molar-refractivity contribution in [3.63, 3.8) is 0 Å². The van der Waals surface area contributed by atoms with Crippen molar-refractivity contribution in [2.24, 2.45) is 5.92 Å². The van der Waals surface area contributed by atoms with Crippen LogP contribution in [0.5, 0.6) is 0 Å². The van der Waals surface area contributed by atoms with E-state index in [1.165, 1.54) is 0 Å². The molecule has 0 atom stereocenters. The van der Waals surface area contributed by atoms with E-state index >= 15 is 0 Å². The number of rotatable bonds is 5. The van der Waals surface area contributed by atoms with Gasteiger partial charge >= 0.3 is 0 Å². The van der Waals surface area contributed by atoms with Crippen molar-refractivity contribution in [1.29, 1.82) is 0 Å². The lowest BCUT2D eigenvalue weighted by molar-refractivity contribution is 0.0691. The molecular weight excluding hydrogens is 338 g/mol. The summed E-state index contributed by atoms with van der Waals surface area (Å²) < 4.78 is 0. The predicted molar refractivity (Wildman–Crippen MR) is 108 cm³/mol. The van der Waals surface area contributed by atoms with Gasteiger partial charge in [-0.15, -0.1) is 0 Å². The van der Waals surface area contributed by atoms with Gasteiger partial charge in [-0.3, -0.25) is 9.59 Å². The Kier molecular flexibility index (Phi) is 6.24. The maximum atomic E-state index is 12.9. The average molecular weight is 365 g/mol. The van der Waals surface area contributed by atoms with Crippen LogP contribution in [0.3, 0.4) is 0 Å². The summed E-state index contributed by atoms with van der Waals surface area (Å²) in [5, 5.41) is 3.21. The van der Waals surface area contributed by atoms with E-state index in [-0.39, 0.29) is 11.8 Å². The number of hydrogen-bond donors (Lipinski definition) is 1. The van der Waals surface area contributed by atoms with Gasteiger partial charge in [0.1, 0.15) is 0 Å². The molecule has 2 aromatic carbocycles. The summed E-state index contributed by atoms with van der Waals surface area (Å²) in [7, 11) is 3.71. The minimum absolute atomic E-state index is 0.00919. The number of nitrogens with zero attached hydrogens (tertiary/aromatic N) is 2. The average Bonchev–Trinajstić information content (AvgIpc) is 2.73. The Bertz CT molecular complexity index is 783. The number of anilines is 1. The number of hydrogen-bond acceptors (Lipinski definition) is 3. The van der Waals surface area contributed by atoms with E-state index in [0.717, 1.165) is 38.2 Å². The van der Waals surface area contributed by atoms with Gasteiger partial charge in [0.05, 0.1) is 0 Å². The first kappa shape index (κ1) is 19.1. The Balaban J connectivity index is 1.70. The number of nitrogens with one attached hydrogen (secondary N) is 1. The number of benzene rings is 2. The first-order chi connectivity index (χ1) is 13.1. The van der Waals surface area contributed by atoms with Gasteiger partial charge in [-0.05, 0) is 62.7 Å². The van der Waals surface area contributed by atoms with Crippen LogP contribution in [0.1, 0.15) is 33.6 Å². The van der Waals surface area contributed by atoms with Crippen molar-refractivity contribution in [3.8, 4) is 0 Å². The van der Waals surface area contributed by atoms with Crippen LogP contribution < -0.4 is 10.2 Å². The molecule has 0 bridgehead atoms. The third kappa shape index (κ3) is 4.55. The maximum Gasteiger partial charge on any atom is 0.258 e. The molecule has 1 heterocycles. The number of likely N-dealkylation sites (tertiary alicyclic amines) is 1. The molecule has 0 radical (unpaired) electrons. The quantitative estimate of drug-likeness (QED) is 0.886. The first-order valence-corrected chi connectivity index (χ1v) is 9.47. The molecule has 0 saturated carbocycles. The van der Waals surface area contributed by atoms with E-state index in [4.69, 9.17) is 0 Å². The van der Waals surface area contributed by atoms with Gasteiger partial charge in [0, 0.05) is 37.0 Å². The smallest absolute Gasteiger partial charge is 0.258 e. The zero-order chi connectivity index (χ0) is 19.2. The van der Waals surface area contributed by atoms with Crippen LogP contribution in [-0.2, 0) is 0 Å². The van der Waals surface area contributed by atoms with Crippen molar-refractivity contribution in [2.45, 2.75) is 12.8 Å². The highest BCUT2D eigenvalue weighted by molar-refractivity contribution is 6.07. The number of carbonyl (C=O) groups excluding carboxylic acids is 2.